The van der Waals surface area contributed by atoms with E-state index in [-0.39, 0.29) is 5.91 Å². The number of nitrogens with two attached hydrogens (primary N) is 1. The molecule has 0 aromatic heterocycles. The molecule has 0 saturated carbocycles. The number of hydrogen-bond acceptors (Lipinski definition) is 2. The molecule has 1 amide bonds. The molecule has 0 aliphatic heterocycles. The van der Waals surface area contributed by atoms with E-state index in [4.69, 9.17) is 17.3 Å². The number of nitrogens with one attached hydrogen (secondary N) is 1. The normalized spacial score (nSPS) is 10.4. The van der Waals surface area contributed by atoms with Gasteiger partial charge in [-0.1, -0.05) is 27.5 Å². The van der Waals surface area contributed by atoms with Crippen molar-refractivity contribution in [2.24, 2.45) is 0 Å². The Hall–Kier alpha value is -1.04. The van der Waals surface area contributed by atoms with Gasteiger partial charge >= 0.3 is 0 Å². The Morgan fingerprint density at radius 2 is 1.95 bits per heavy atom. The molecule has 0 aliphatic carbocycles. The number of anilines is 2. The van der Waals surface area contributed by atoms with Crippen LogP contribution in [0.4, 0.5) is 11.4 Å². The molecule has 3 N–H and O–H groups in total. The summed E-state index contributed by atoms with van der Waals surface area (Å²) in [6.07, 6.45) is 0. The molecule has 104 valence electrons. The standard InChI is InChI=1S/C14H11Br2ClN2O/c1-7-4-10(16)13(12(18)5-7)19-14(20)9-3-2-8(15)6-11(9)17/h2-6H,18H2,1H3,(H,19,20). The highest BCUT2D eigenvalue weighted by atomic mass is 79.9. The second-order valence-electron chi connectivity index (χ2n) is 4.29. The minimum atomic E-state index is -0.307. The van der Waals surface area contributed by atoms with Crippen molar-refractivity contribution in [3.63, 3.8) is 0 Å². The first-order chi connectivity index (χ1) is 9.38. The smallest absolute Gasteiger partial charge is 0.257 e. The van der Waals surface area contributed by atoms with Crippen molar-refractivity contribution < 1.29 is 4.79 Å². The average Bonchev–Trinajstić information content (AvgIpc) is 2.33. The van der Waals surface area contributed by atoms with Crippen LogP contribution in [0.1, 0.15) is 15.9 Å². The first-order valence-electron chi connectivity index (χ1n) is 5.70. The minimum absolute atomic E-state index is 0.307. The van der Waals surface area contributed by atoms with E-state index in [1.54, 1.807) is 24.3 Å². The second kappa shape index (κ2) is 6.16. The SMILES string of the molecule is Cc1cc(N)c(NC(=O)c2ccc(Br)cc2Cl)c(Br)c1. The van der Waals surface area contributed by atoms with Crippen LogP contribution in [0.25, 0.3) is 0 Å². The van der Waals surface area contributed by atoms with E-state index in [0.29, 0.717) is 22.0 Å². The van der Waals surface area contributed by atoms with Crippen LogP contribution in [0.3, 0.4) is 0 Å². The number of carbonyl (C=O) groups is 1. The zero-order chi connectivity index (χ0) is 14.9. The molecule has 2 rings (SSSR count). The van der Waals surface area contributed by atoms with Crippen molar-refractivity contribution >= 4 is 60.7 Å². The van der Waals surface area contributed by atoms with Gasteiger partial charge in [0.2, 0.25) is 0 Å². The molecular formula is C14H11Br2ClN2O. The summed E-state index contributed by atoms with van der Waals surface area (Å²) < 4.78 is 1.55. The number of carbonyl (C=O) groups excluding carboxylic acids is 1. The molecule has 0 radical (unpaired) electrons. The van der Waals surface area contributed by atoms with Gasteiger partial charge in [-0.15, -0.1) is 0 Å². The summed E-state index contributed by atoms with van der Waals surface area (Å²) in [4.78, 5) is 12.2. The number of aryl methyl sites for hydroxylation is 1. The van der Waals surface area contributed by atoms with Crippen molar-refractivity contribution in [3.8, 4) is 0 Å². The molecular weight excluding hydrogens is 407 g/mol. The maximum Gasteiger partial charge on any atom is 0.257 e. The van der Waals surface area contributed by atoms with Gasteiger partial charge in [-0.2, -0.15) is 0 Å². The Kier molecular flexibility index (Phi) is 4.73. The maximum absolute atomic E-state index is 12.2. The highest BCUT2D eigenvalue weighted by molar-refractivity contribution is 9.10. The highest BCUT2D eigenvalue weighted by Gasteiger charge is 2.14. The van der Waals surface area contributed by atoms with Crippen LogP contribution in [0.5, 0.6) is 0 Å². The summed E-state index contributed by atoms with van der Waals surface area (Å²) in [5, 5.41) is 3.15. The number of benzene rings is 2. The first kappa shape index (κ1) is 15.4. The zero-order valence-electron chi connectivity index (χ0n) is 10.5. The van der Waals surface area contributed by atoms with E-state index in [1.165, 1.54) is 0 Å². The Labute approximate surface area is 138 Å². The molecule has 0 heterocycles. The predicted octanol–water partition coefficient (Wildman–Crippen LogP) is 5.01. The van der Waals surface area contributed by atoms with Gasteiger partial charge in [0.15, 0.2) is 0 Å². The summed E-state index contributed by atoms with van der Waals surface area (Å²) in [5.74, 6) is -0.307. The molecule has 0 unspecified atom stereocenters. The van der Waals surface area contributed by atoms with Crippen LogP contribution in [0.2, 0.25) is 5.02 Å². The van der Waals surface area contributed by atoms with E-state index < -0.39 is 0 Å². The Morgan fingerprint density at radius 1 is 1.25 bits per heavy atom. The summed E-state index contributed by atoms with van der Waals surface area (Å²) in [5.41, 5.74) is 8.36. The third kappa shape index (κ3) is 3.34. The van der Waals surface area contributed by atoms with Gasteiger partial charge in [0.25, 0.3) is 5.91 Å². The average molecular weight is 419 g/mol. The van der Waals surface area contributed by atoms with E-state index in [0.717, 1.165) is 14.5 Å². The molecule has 0 atom stereocenters. The van der Waals surface area contributed by atoms with E-state index in [9.17, 15) is 4.79 Å². The molecule has 0 spiro atoms. The molecule has 6 heteroatoms. The highest BCUT2D eigenvalue weighted by Crippen LogP contribution is 2.31. The molecule has 3 nitrogen and oxygen atoms in total. The van der Waals surface area contributed by atoms with Crippen LogP contribution in [-0.2, 0) is 0 Å². The fourth-order valence-corrected chi connectivity index (χ4v) is 3.20. The molecule has 20 heavy (non-hydrogen) atoms. The van der Waals surface area contributed by atoms with Gasteiger partial charge in [-0.05, 0) is 58.7 Å². The Balaban J connectivity index is 2.33. The Morgan fingerprint density at radius 3 is 2.55 bits per heavy atom. The molecule has 0 fully saturated rings. The number of amides is 1. The van der Waals surface area contributed by atoms with Gasteiger partial charge in [-0.3, -0.25) is 4.79 Å². The van der Waals surface area contributed by atoms with Crippen LogP contribution in [-0.4, -0.2) is 5.91 Å². The van der Waals surface area contributed by atoms with Crippen molar-refractivity contribution in [2.75, 3.05) is 11.1 Å². The number of hydrogen-bond donors (Lipinski definition) is 2. The topological polar surface area (TPSA) is 55.1 Å². The molecule has 2 aromatic rings. The van der Waals surface area contributed by atoms with Crippen molar-refractivity contribution in [1.82, 2.24) is 0 Å². The van der Waals surface area contributed by atoms with Gasteiger partial charge in [0.1, 0.15) is 0 Å². The second-order valence-corrected chi connectivity index (χ2v) is 6.47. The molecule has 2 aromatic carbocycles. The summed E-state index contributed by atoms with van der Waals surface area (Å²) in [6.45, 7) is 1.93. The third-order valence-corrected chi connectivity index (χ3v) is 4.11. The van der Waals surface area contributed by atoms with E-state index in [1.807, 2.05) is 13.0 Å². The van der Waals surface area contributed by atoms with Crippen molar-refractivity contribution in [2.45, 2.75) is 6.92 Å². The number of nitrogen functional groups attached to an aromatic ring is 1. The van der Waals surface area contributed by atoms with Crippen LogP contribution < -0.4 is 11.1 Å². The summed E-state index contributed by atoms with van der Waals surface area (Å²) >= 11 is 12.8. The van der Waals surface area contributed by atoms with Crippen molar-refractivity contribution in [3.05, 3.63) is 55.4 Å². The fraction of sp³-hybridized carbons (Fsp3) is 0.0714. The molecule has 0 aliphatic rings. The third-order valence-electron chi connectivity index (χ3n) is 2.68. The van der Waals surface area contributed by atoms with E-state index in [2.05, 4.69) is 37.2 Å². The lowest BCUT2D eigenvalue weighted by molar-refractivity contribution is 0.102. The van der Waals surface area contributed by atoms with Crippen molar-refractivity contribution in [1.29, 1.82) is 0 Å². The van der Waals surface area contributed by atoms with Crippen LogP contribution in [0.15, 0.2) is 39.3 Å². The molecule has 0 saturated heterocycles. The zero-order valence-corrected chi connectivity index (χ0v) is 14.4. The summed E-state index contributed by atoms with van der Waals surface area (Å²) in [6, 6.07) is 8.76. The van der Waals surface area contributed by atoms with Gasteiger partial charge in [0.05, 0.1) is 22.0 Å². The first-order valence-corrected chi connectivity index (χ1v) is 7.67. The lowest BCUT2D eigenvalue weighted by atomic mass is 10.1. The van der Waals surface area contributed by atoms with Gasteiger partial charge in [-0.25, -0.2) is 0 Å². The Bertz CT molecular complexity index is 666. The van der Waals surface area contributed by atoms with E-state index >= 15 is 0 Å². The lowest BCUT2D eigenvalue weighted by Crippen LogP contribution is -2.14. The summed E-state index contributed by atoms with van der Waals surface area (Å²) in [7, 11) is 0. The predicted molar refractivity (Wildman–Crippen MR) is 90.4 cm³/mol. The number of rotatable bonds is 2. The lowest BCUT2D eigenvalue weighted by Gasteiger charge is -2.12. The van der Waals surface area contributed by atoms with Gasteiger partial charge in [0, 0.05) is 8.95 Å². The molecule has 0 bridgehead atoms. The maximum atomic E-state index is 12.2. The quantitative estimate of drug-likeness (QED) is 0.674. The number of halogens is 3. The fourth-order valence-electron chi connectivity index (χ4n) is 1.76. The monoisotopic (exact) mass is 416 g/mol. The minimum Gasteiger partial charge on any atom is -0.397 e. The largest absolute Gasteiger partial charge is 0.397 e. The van der Waals surface area contributed by atoms with Crippen LogP contribution in [0, 0.1) is 6.92 Å². The van der Waals surface area contributed by atoms with Crippen LogP contribution >= 0.6 is 43.5 Å². The van der Waals surface area contributed by atoms with Gasteiger partial charge < -0.3 is 11.1 Å².